The molecule has 0 saturated heterocycles. The molecule has 2 rings (SSSR count). The van der Waals surface area contributed by atoms with E-state index in [-0.39, 0.29) is 0 Å². The molecule has 0 heterocycles. The fraction of sp³-hybridized carbons (Fsp3) is 0.400. The van der Waals surface area contributed by atoms with E-state index in [0.29, 0.717) is 11.5 Å². The zero-order valence-corrected chi connectivity index (χ0v) is 14.8. The molecule has 0 aromatic heterocycles. The van der Waals surface area contributed by atoms with E-state index in [2.05, 4.69) is 0 Å². The summed E-state index contributed by atoms with van der Waals surface area (Å²) in [5.74, 6) is 1.38. The molecule has 0 N–H and O–H groups in total. The Balaban J connectivity index is 1.76. The third-order valence-electron chi connectivity index (χ3n) is 3.54. The molecule has 130 valence electrons. The van der Waals surface area contributed by atoms with E-state index in [1.807, 2.05) is 88.4 Å². The molecule has 0 fully saturated rings. The average Bonchev–Trinajstić information content (AvgIpc) is 2.59. The second-order valence-electron chi connectivity index (χ2n) is 6.98. The van der Waals surface area contributed by atoms with Gasteiger partial charge in [-0.05, 0) is 64.8 Å². The third kappa shape index (κ3) is 6.60. The zero-order valence-electron chi connectivity index (χ0n) is 14.8. The van der Waals surface area contributed by atoms with E-state index in [4.69, 9.17) is 19.6 Å². The van der Waals surface area contributed by atoms with Crippen molar-refractivity contribution in [2.24, 2.45) is 0 Å². The quantitative estimate of drug-likeness (QED) is 0.459. The van der Waals surface area contributed by atoms with Gasteiger partial charge in [0.2, 0.25) is 0 Å². The molecular formula is C20H26O4. The summed E-state index contributed by atoms with van der Waals surface area (Å²) in [5, 5.41) is 0. The Morgan fingerprint density at radius 1 is 0.583 bits per heavy atom. The Morgan fingerprint density at radius 2 is 0.917 bits per heavy atom. The lowest BCUT2D eigenvalue weighted by molar-refractivity contribution is -0.301. The number of hydrogen-bond donors (Lipinski definition) is 0. The van der Waals surface area contributed by atoms with Gasteiger partial charge in [-0.15, -0.1) is 0 Å². The highest BCUT2D eigenvalue weighted by molar-refractivity contribution is 5.20. The van der Waals surface area contributed by atoms with Crippen LogP contribution >= 0.6 is 0 Å². The van der Waals surface area contributed by atoms with Crippen LogP contribution in [0.1, 0.15) is 40.5 Å². The van der Waals surface area contributed by atoms with Crippen molar-refractivity contribution in [1.82, 2.24) is 0 Å². The van der Waals surface area contributed by atoms with Crippen LogP contribution in [0.2, 0.25) is 0 Å². The lowest BCUT2D eigenvalue weighted by atomic mass is 9.94. The smallest absolute Gasteiger partial charge is 0.165 e. The second-order valence-corrected chi connectivity index (χ2v) is 6.98. The summed E-state index contributed by atoms with van der Waals surface area (Å²) >= 11 is 0. The van der Waals surface area contributed by atoms with Crippen molar-refractivity contribution >= 4 is 0 Å². The van der Waals surface area contributed by atoms with Gasteiger partial charge >= 0.3 is 0 Å². The van der Waals surface area contributed by atoms with Crippen LogP contribution in [-0.4, -0.2) is 11.2 Å². The van der Waals surface area contributed by atoms with Crippen molar-refractivity contribution in [3.63, 3.8) is 0 Å². The summed E-state index contributed by atoms with van der Waals surface area (Å²) in [6, 6.07) is 18.9. The minimum Gasteiger partial charge on any atom is -0.337 e. The molecule has 0 amide bonds. The Hall–Kier alpha value is -2.04. The van der Waals surface area contributed by atoms with Crippen molar-refractivity contribution < 1.29 is 19.6 Å². The highest BCUT2D eigenvalue weighted by Gasteiger charge is 2.28. The van der Waals surface area contributed by atoms with E-state index in [1.165, 1.54) is 0 Å². The molecular weight excluding hydrogens is 304 g/mol. The van der Waals surface area contributed by atoms with E-state index < -0.39 is 11.2 Å². The standard InChI is InChI=1S/C20H26O4/c1-19(2,23-21-17-11-7-5-8-12-17)15-16-20(3,4)24-22-18-13-9-6-10-14-18/h5-14H,15-16H2,1-4H3. The fourth-order valence-electron chi connectivity index (χ4n) is 1.96. The van der Waals surface area contributed by atoms with Crippen molar-refractivity contribution in [2.45, 2.75) is 51.7 Å². The molecule has 0 aliphatic heterocycles. The number of para-hydroxylation sites is 2. The lowest BCUT2D eigenvalue weighted by Gasteiger charge is -2.29. The normalized spacial score (nSPS) is 12.0. The van der Waals surface area contributed by atoms with Crippen LogP contribution in [0.15, 0.2) is 60.7 Å². The van der Waals surface area contributed by atoms with Gasteiger partial charge < -0.3 is 9.78 Å². The molecule has 0 bridgehead atoms. The van der Waals surface area contributed by atoms with Crippen LogP contribution in [-0.2, 0) is 9.78 Å². The van der Waals surface area contributed by atoms with Gasteiger partial charge in [0.1, 0.15) is 11.2 Å². The van der Waals surface area contributed by atoms with E-state index in [0.717, 1.165) is 12.8 Å². The molecule has 0 radical (unpaired) electrons. The van der Waals surface area contributed by atoms with Gasteiger partial charge in [-0.2, -0.15) is 9.78 Å². The van der Waals surface area contributed by atoms with E-state index in [9.17, 15) is 0 Å². The predicted molar refractivity (Wildman–Crippen MR) is 93.7 cm³/mol. The van der Waals surface area contributed by atoms with Gasteiger partial charge in [0.05, 0.1) is 0 Å². The van der Waals surface area contributed by atoms with Gasteiger partial charge in [0.25, 0.3) is 0 Å². The molecule has 0 aliphatic rings. The van der Waals surface area contributed by atoms with Crippen molar-refractivity contribution in [3.8, 4) is 11.5 Å². The van der Waals surface area contributed by atoms with Crippen molar-refractivity contribution in [2.75, 3.05) is 0 Å². The molecule has 2 aromatic rings. The van der Waals surface area contributed by atoms with Crippen LogP contribution < -0.4 is 9.78 Å². The van der Waals surface area contributed by atoms with Gasteiger partial charge in [-0.1, -0.05) is 36.4 Å². The average molecular weight is 330 g/mol. The largest absolute Gasteiger partial charge is 0.337 e. The molecule has 4 nitrogen and oxygen atoms in total. The van der Waals surface area contributed by atoms with Gasteiger partial charge in [0, 0.05) is 0 Å². The first-order chi connectivity index (χ1) is 11.4. The van der Waals surface area contributed by atoms with Crippen molar-refractivity contribution in [1.29, 1.82) is 0 Å². The van der Waals surface area contributed by atoms with Gasteiger partial charge in [0.15, 0.2) is 11.5 Å². The third-order valence-corrected chi connectivity index (χ3v) is 3.54. The second kappa shape index (κ2) is 8.18. The Labute approximate surface area is 144 Å². The predicted octanol–water partition coefficient (Wildman–Crippen LogP) is 5.35. The molecule has 0 spiro atoms. The van der Waals surface area contributed by atoms with Gasteiger partial charge in [-0.25, -0.2) is 0 Å². The van der Waals surface area contributed by atoms with Crippen molar-refractivity contribution in [3.05, 3.63) is 60.7 Å². The number of rotatable bonds is 9. The SMILES string of the molecule is CC(C)(CCC(C)(C)OOc1ccccc1)OOc1ccccc1. The first-order valence-electron chi connectivity index (χ1n) is 8.18. The molecule has 0 atom stereocenters. The lowest BCUT2D eigenvalue weighted by Crippen LogP contribution is -2.33. The summed E-state index contributed by atoms with van der Waals surface area (Å²) in [6.07, 6.45) is 1.51. The number of hydrogen-bond acceptors (Lipinski definition) is 4. The maximum Gasteiger partial charge on any atom is 0.165 e. The maximum atomic E-state index is 5.58. The van der Waals surface area contributed by atoms with Crippen LogP contribution in [0.25, 0.3) is 0 Å². The molecule has 24 heavy (non-hydrogen) atoms. The minimum absolute atomic E-state index is 0.441. The monoisotopic (exact) mass is 330 g/mol. The fourth-order valence-corrected chi connectivity index (χ4v) is 1.96. The summed E-state index contributed by atoms with van der Waals surface area (Å²) in [6.45, 7) is 7.96. The Morgan fingerprint density at radius 3 is 1.25 bits per heavy atom. The molecule has 2 aromatic carbocycles. The number of benzene rings is 2. The molecule has 4 heteroatoms. The summed E-state index contributed by atoms with van der Waals surface area (Å²) in [7, 11) is 0. The molecule has 0 unspecified atom stereocenters. The van der Waals surface area contributed by atoms with E-state index >= 15 is 0 Å². The zero-order chi connectivity index (χ0) is 17.5. The Kier molecular flexibility index (Phi) is 6.23. The molecule has 0 aliphatic carbocycles. The highest BCUT2D eigenvalue weighted by atomic mass is 17.2. The highest BCUT2D eigenvalue weighted by Crippen LogP contribution is 2.26. The summed E-state index contributed by atoms with van der Waals surface area (Å²) < 4.78 is 0. The van der Waals surface area contributed by atoms with Crippen LogP contribution in [0.4, 0.5) is 0 Å². The first kappa shape index (κ1) is 18.3. The maximum absolute atomic E-state index is 5.58. The van der Waals surface area contributed by atoms with Crippen LogP contribution in [0, 0.1) is 0 Å². The summed E-state index contributed by atoms with van der Waals surface area (Å²) in [4.78, 5) is 21.9. The topological polar surface area (TPSA) is 36.9 Å². The van der Waals surface area contributed by atoms with E-state index in [1.54, 1.807) is 0 Å². The summed E-state index contributed by atoms with van der Waals surface area (Å²) in [5.41, 5.74) is -0.883. The van der Waals surface area contributed by atoms with Crippen LogP contribution in [0.5, 0.6) is 11.5 Å². The minimum atomic E-state index is -0.441. The Bertz CT molecular complexity index is 538. The van der Waals surface area contributed by atoms with Crippen LogP contribution in [0.3, 0.4) is 0 Å². The molecule has 0 saturated carbocycles. The van der Waals surface area contributed by atoms with Gasteiger partial charge in [-0.3, -0.25) is 0 Å². The first-order valence-corrected chi connectivity index (χ1v) is 8.18.